The molecule has 0 saturated heterocycles. The highest BCUT2D eigenvalue weighted by atomic mass is 16.2. The quantitative estimate of drug-likeness (QED) is 0.575. The monoisotopic (exact) mass is 197 g/mol. The standard InChI is InChI=1S/C10H19N3O/c1-5-6-8(2)12-7-9(3)13-10(14)11-4/h5-6,8,12H,3,7H2,1-2,4H3,(H2,11,13,14). The van der Waals surface area contributed by atoms with Gasteiger partial charge in [-0.15, -0.1) is 0 Å². The van der Waals surface area contributed by atoms with E-state index in [9.17, 15) is 4.79 Å². The van der Waals surface area contributed by atoms with Gasteiger partial charge in [-0.3, -0.25) is 0 Å². The molecule has 0 aromatic carbocycles. The molecule has 0 rings (SSSR count). The number of hydrogen-bond acceptors (Lipinski definition) is 2. The van der Waals surface area contributed by atoms with Gasteiger partial charge in [0.1, 0.15) is 0 Å². The molecule has 1 unspecified atom stereocenters. The summed E-state index contributed by atoms with van der Waals surface area (Å²) in [4.78, 5) is 10.9. The van der Waals surface area contributed by atoms with Crippen molar-refractivity contribution in [3.05, 3.63) is 24.4 Å². The Hall–Kier alpha value is -1.29. The number of allylic oxidation sites excluding steroid dienone is 1. The van der Waals surface area contributed by atoms with E-state index >= 15 is 0 Å². The molecule has 0 spiro atoms. The predicted octanol–water partition coefficient (Wildman–Crippen LogP) is 0.983. The van der Waals surface area contributed by atoms with E-state index in [1.165, 1.54) is 0 Å². The molecule has 4 nitrogen and oxygen atoms in total. The van der Waals surface area contributed by atoms with E-state index in [4.69, 9.17) is 0 Å². The third-order valence-electron chi connectivity index (χ3n) is 1.64. The number of rotatable bonds is 5. The summed E-state index contributed by atoms with van der Waals surface area (Å²) in [6, 6.07) is 0.0405. The van der Waals surface area contributed by atoms with Gasteiger partial charge < -0.3 is 16.0 Å². The summed E-state index contributed by atoms with van der Waals surface area (Å²) in [6.45, 7) is 8.29. The van der Waals surface area contributed by atoms with Crippen molar-refractivity contribution in [1.29, 1.82) is 0 Å². The highest BCUT2D eigenvalue weighted by Gasteiger charge is 2.00. The van der Waals surface area contributed by atoms with Crippen molar-refractivity contribution in [2.45, 2.75) is 19.9 Å². The van der Waals surface area contributed by atoms with Crippen LogP contribution in [0, 0.1) is 0 Å². The molecule has 3 N–H and O–H groups in total. The highest BCUT2D eigenvalue weighted by Crippen LogP contribution is 1.87. The van der Waals surface area contributed by atoms with Crippen LogP contribution < -0.4 is 16.0 Å². The van der Waals surface area contributed by atoms with Gasteiger partial charge in [0.2, 0.25) is 0 Å². The van der Waals surface area contributed by atoms with Crippen molar-refractivity contribution in [3.8, 4) is 0 Å². The van der Waals surface area contributed by atoms with Gasteiger partial charge in [0, 0.05) is 25.3 Å². The van der Waals surface area contributed by atoms with Gasteiger partial charge in [-0.2, -0.15) is 0 Å². The van der Waals surface area contributed by atoms with Crippen LogP contribution in [0.5, 0.6) is 0 Å². The first-order valence-corrected chi connectivity index (χ1v) is 4.62. The van der Waals surface area contributed by atoms with Gasteiger partial charge >= 0.3 is 6.03 Å². The van der Waals surface area contributed by atoms with Gasteiger partial charge in [0.05, 0.1) is 0 Å². The number of amides is 2. The van der Waals surface area contributed by atoms with E-state index in [-0.39, 0.29) is 12.1 Å². The van der Waals surface area contributed by atoms with E-state index in [1.54, 1.807) is 7.05 Å². The topological polar surface area (TPSA) is 53.2 Å². The van der Waals surface area contributed by atoms with Gasteiger partial charge in [-0.1, -0.05) is 18.7 Å². The van der Waals surface area contributed by atoms with Gasteiger partial charge in [0.15, 0.2) is 0 Å². The average Bonchev–Trinajstić information content (AvgIpc) is 2.15. The Morgan fingerprint density at radius 2 is 2.21 bits per heavy atom. The number of hydrogen-bond donors (Lipinski definition) is 3. The Morgan fingerprint density at radius 1 is 1.57 bits per heavy atom. The molecule has 2 amide bonds. The molecule has 0 radical (unpaired) electrons. The molecule has 14 heavy (non-hydrogen) atoms. The first-order valence-electron chi connectivity index (χ1n) is 4.62. The highest BCUT2D eigenvalue weighted by molar-refractivity contribution is 5.75. The minimum atomic E-state index is -0.240. The number of carbonyl (C=O) groups is 1. The minimum Gasteiger partial charge on any atom is -0.341 e. The van der Waals surface area contributed by atoms with E-state index < -0.39 is 0 Å². The Kier molecular flexibility index (Phi) is 6.49. The summed E-state index contributed by atoms with van der Waals surface area (Å²) in [7, 11) is 1.57. The van der Waals surface area contributed by atoms with Crippen LogP contribution in [0.4, 0.5) is 4.79 Å². The lowest BCUT2D eigenvalue weighted by Crippen LogP contribution is -2.37. The number of nitrogens with one attached hydrogen (secondary N) is 3. The molecule has 0 aromatic rings. The van der Waals surface area contributed by atoms with Crippen LogP contribution in [0.1, 0.15) is 13.8 Å². The molecule has 0 bridgehead atoms. The Balaban J connectivity index is 3.68. The molecule has 0 aliphatic carbocycles. The van der Waals surface area contributed by atoms with Crippen LogP contribution >= 0.6 is 0 Å². The van der Waals surface area contributed by atoms with Crippen LogP contribution in [-0.2, 0) is 0 Å². The fourth-order valence-electron chi connectivity index (χ4n) is 0.908. The van der Waals surface area contributed by atoms with Crippen LogP contribution in [0.25, 0.3) is 0 Å². The zero-order chi connectivity index (χ0) is 11.0. The van der Waals surface area contributed by atoms with Crippen LogP contribution in [0.2, 0.25) is 0 Å². The smallest absolute Gasteiger partial charge is 0.318 e. The van der Waals surface area contributed by atoms with Crippen LogP contribution in [0.15, 0.2) is 24.4 Å². The Morgan fingerprint density at radius 3 is 2.71 bits per heavy atom. The summed E-state index contributed by atoms with van der Waals surface area (Å²) in [5.41, 5.74) is 0.653. The van der Waals surface area contributed by atoms with Crippen LogP contribution in [0.3, 0.4) is 0 Å². The average molecular weight is 197 g/mol. The predicted molar refractivity (Wildman–Crippen MR) is 59.0 cm³/mol. The zero-order valence-electron chi connectivity index (χ0n) is 9.05. The molecule has 0 aromatic heterocycles. The van der Waals surface area contributed by atoms with Crippen molar-refractivity contribution in [2.75, 3.05) is 13.6 Å². The van der Waals surface area contributed by atoms with Crippen molar-refractivity contribution in [2.24, 2.45) is 0 Å². The number of urea groups is 1. The lowest BCUT2D eigenvalue weighted by Gasteiger charge is -2.12. The van der Waals surface area contributed by atoms with E-state index in [1.807, 2.05) is 26.0 Å². The molecule has 0 aliphatic heterocycles. The molecule has 80 valence electrons. The second-order valence-corrected chi connectivity index (χ2v) is 3.00. The van der Waals surface area contributed by atoms with Crippen molar-refractivity contribution in [3.63, 3.8) is 0 Å². The molecule has 0 heterocycles. The van der Waals surface area contributed by atoms with Crippen molar-refractivity contribution in [1.82, 2.24) is 16.0 Å². The Labute approximate surface area is 85.5 Å². The molecule has 0 fully saturated rings. The number of carbonyl (C=O) groups excluding carboxylic acids is 1. The fourth-order valence-corrected chi connectivity index (χ4v) is 0.908. The van der Waals surface area contributed by atoms with E-state index in [2.05, 4.69) is 22.5 Å². The van der Waals surface area contributed by atoms with Crippen molar-refractivity contribution < 1.29 is 4.79 Å². The third-order valence-corrected chi connectivity index (χ3v) is 1.64. The zero-order valence-corrected chi connectivity index (χ0v) is 9.05. The van der Waals surface area contributed by atoms with E-state index in [0.717, 1.165) is 0 Å². The lowest BCUT2D eigenvalue weighted by atomic mass is 10.3. The van der Waals surface area contributed by atoms with Crippen molar-refractivity contribution >= 4 is 6.03 Å². The summed E-state index contributed by atoms with van der Waals surface area (Å²) in [5.74, 6) is 0. The van der Waals surface area contributed by atoms with E-state index in [0.29, 0.717) is 12.2 Å². The van der Waals surface area contributed by atoms with Gasteiger partial charge in [0.25, 0.3) is 0 Å². The second-order valence-electron chi connectivity index (χ2n) is 3.00. The van der Waals surface area contributed by atoms with Gasteiger partial charge in [-0.25, -0.2) is 4.79 Å². The molecular formula is C10H19N3O. The summed E-state index contributed by atoms with van der Waals surface area (Å²) < 4.78 is 0. The summed E-state index contributed by atoms with van der Waals surface area (Å²) in [6.07, 6.45) is 4.01. The second kappa shape index (κ2) is 7.15. The maximum Gasteiger partial charge on any atom is 0.318 e. The molecule has 0 aliphatic rings. The molecule has 4 heteroatoms. The lowest BCUT2D eigenvalue weighted by molar-refractivity contribution is 0.245. The first-order chi connectivity index (χ1) is 6.60. The maximum atomic E-state index is 10.9. The summed E-state index contributed by atoms with van der Waals surface area (Å²) in [5, 5.41) is 8.24. The normalized spacial score (nSPS) is 12.5. The first kappa shape index (κ1) is 12.7. The molecule has 1 atom stereocenters. The summed E-state index contributed by atoms with van der Waals surface area (Å²) >= 11 is 0. The Bertz CT molecular complexity index is 223. The fraction of sp³-hybridized carbons (Fsp3) is 0.500. The third kappa shape index (κ3) is 6.25. The molecule has 0 saturated carbocycles. The SMILES string of the molecule is C=C(CNC(C)C=CC)NC(=O)NC. The van der Waals surface area contributed by atoms with Crippen LogP contribution in [-0.4, -0.2) is 25.7 Å². The molecular weight excluding hydrogens is 178 g/mol. The maximum absolute atomic E-state index is 10.9. The minimum absolute atomic E-state index is 0.240. The van der Waals surface area contributed by atoms with Gasteiger partial charge in [-0.05, 0) is 13.8 Å². The largest absolute Gasteiger partial charge is 0.341 e.